The van der Waals surface area contributed by atoms with E-state index >= 15 is 0 Å². The Morgan fingerprint density at radius 3 is 2.72 bits per heavy atom. The summed E-state index contributed by atoms with van der Waals surface area (Å²) in [5.41, 5.74) is 2.28. The number of rotatable bonds is 2. The van der Waals surface area contributed by atoms with E-state index in [4.69, 9.17) is 0 Å². The van der Waals surface area contributed by atoms with E-state index in [0.717, 1.165) is 16.7 Å². The van der Waals surface area contributed by atoms with Crippen molar-refractivity contribution in [3.8, 4) is 11.1 Å². The summed E-state index contributed by atoms with van der Waals surface area (Å²) in [6.07, 6.45) is 3.47. The molecule has 0 aliphatic carbocycles. The molecule has 0 radical (unpaired) electrons. The SMILES string of the molecule is COC(=O)c1cc(-c2cnn(C)c2)c(C)cc1F. The van der Waals surface area contributed by atoms with E-state index in [0.29, 0.717) is 0 Å². The number of nitrogens with zero attached hydrogens (tertiary/aromatic N) is 2. The monoisotopic (exact) mass is 248 g/mol. The van der Waals surface area contributed by atoms with E-state index in [1.807, 2.05) is 0 Å². The van der Waals surface area contributed by atoms with Crippen molar-refractivity contribution in [1.82, 2.24) is 9.78 Å². The minimum absolute atomic E-state index is 0.0676. The number of aryl methyl sites for hydroxylation is 2. The predicted molar refractivity (Wildman–Crippen MR) is 64.7 cm³/mol. The van der Waals surface area contributed by atoms with E-state index in [2.05, 4.69) is 9.84 Å². The van der Waals surface area contributed by atoms with Gasteiger partial charge in [0.15, 0.2) is 0 Å². The smallest absolute Gasteiger partial charge is 0.340 e. The van der Waals surface area contributed by atoms with Crippen LogP contribution in [0.4, 0.5) is 4.39 Å². The second-order valence-electron chi connectivity index (χ2n) is 4.04. The number of carbonyl (C=O) groups excluding carboxylic acids is 1. The molecule has 18 heavy (non-hydrogen) atoms. The Balaban J connectivity index is 2.58. The quantitative estimate of drug-likeness (QED) is 0.766. The number of halogens is 1. The van der Waals surface area contributed by atoms with Crippen LogP contribution < -0.4 is 0 Å². The van der Waals surface area contributed by atoms with Crippen LogP contribution in [0.15, 0.2) is 24.5 Å². The van der Waals surface area contributed by atoms with E-state index in [1.54, 1.807) is 31.0 Å². The van der Waals surface area contributed by atoms with Crippen LogP contribution in [-0.4, -0.2) is 22.9 Å². The molecule has 1 aromatic heterocycles. The first kappa shape index (κ1) is 12.3. The summed E-state index contributed by atoms with van der Waals surface area (Å²) in [5, 5.41) is 4.06. The predicted octanol–water partition coefficient (Wildman–Crippen LogP) is 2.32. The third kappa shape index (κ3) is 2.11. The van der Waals surface area contributed by atoms with E-state index < -0.39 is 11.8 Å². The third-order valence-corrected chi connectivity index (χ3v) is 2.74. The minimum Gasteiger partial charge on any atom is -0.465 e. The molecule has 0 fully saturated rings. The summed E-state index contributed by atoms with van der Waals surface area (Å²) in [6.45, 7) is 1.78. The van der Waals surface area contributed by atoms with Crippen molar-refractivity contribution in [2.24, 2.45) is 7.05 Å². The second-order valence-corrected chi connectivity index (χ2v) is 4.04. The molecule has 0 bridgehead atoms. The van der Waals surface area contributed by atoms with Gasteiger partial charge in [-0.15, -0.1) is 0 Å². The van der Waals surface area contributed by atoms with Gasteiger partial charge in [0.1, 0.15) is 5.82 Å². The molecule has 1 aromatic carbocycles. The molecule has 0 saturated heterocycles. The molecule has 0 aliphatic rings. The maximum absolute atomic E-state index is 13.7. The molecule has 1 heterocycles. The lowest BCUT2D eigenvalue weighted by atomic mass is 10.00. The van der Waals surface area contributed by atoms with Gasteiger partial charge in [-0.05, 0) is 30.2 Å². The molecule has 5 heteroatoms. The number of aromatic nitrogens is 2. The summed E-state index contributed by atoms with van der Waals surface area (Å²) in [6, 6.07) is 2.82. The number of methoxy groups -OCH3 is 1. The van der Waals surface area contributed by atoms with Gasteiger partial charge >= 0.3 is 5.97 Å². The summed E-state index contributed by atoms with van der Waals surface area (Å²) >= 11 is 0. The molecule has 0 amide bonds. The van der Waals surface area contributed by atoms with Crippen LogP contribution in [0.2, 0.25) is 0 Å². The molecule has 4 nitrogen and oxygen atoms in total. The molecule has 2 aromatic rings. The molecule has 0 atom stereocenters. The topological polar surface area (TPSA) is 44.1 Å². The molecular formula is C13H13FN2O2. The molecule has 2 rings (SSSR count). The highest BCUT2D eigenvalue weighted by Gasteiger charge is 2.16. The minimum atomic E-state index is -0.683. The highest BCUT2D eigenvalue weighted by Crippen LogP contribution is 2.26. The lowest BCUT2D eigenvalue weighted by molar-refractivity contribution is 0.0595. The Hall–Kier alpha value is -2.17. The van der Waals surface area contributed by atoms with Crippen molar-refractivity contribution >= 4 is 5.97 Å². The van der Waals surface area contributed by atoms with Crippen LogP contribution in [0.1, 0.15) is 15.9 Å². The molecule has 0 unspecified atom stereocenters. The Morgan fingerprint density at radius 2 is 2.17 bits per heavy atom. The fourth-order valence-corrected chi connectivity index (χ4v) is 1.81. The van der Waals surface area contributed by atoms with Gasteiger partial charge in [-0.1, -0.05) is 0 Å². The number of hydrogen-bond donors (Lipinski definition) is 0. The van der Waals surface area contributed by atoms with E-state index in [1.165, 1.54) is 19.2 Å². The zero-order chi connectivity index (χ0) is 13.3. The van der Waals surface area contributed by atoms with Crippen molar-refractivity contribution in [3.63, 3.8) is 0 Å². The molecule has 0 spiro atoms. The van der Waals surface area contributed by atoms with Crippen LogP contribution in [0, 0.1) is 12.7 Å². The summed E-state index contributed by atoms with van der Waals surface area (Å²) in [4.78, 5) is 11.5. The number of hydrogen-bond acceptors (Lipinski definition) is 3. The summed E-state index contributed by atoms with van der Waals surface area (Å²) < 4.78 is 19.9. The van der Waals surface area contributed by atoms with Gasteiger partial charge < -0.3 is 4.74 Å². The lowest BCUT2D eigenvalue weighted by Crippen LogP contribution is -2.05. The first-order chi connectivity index (χ1) is 8.52. The van der Waals surface area contributed by atoms with Gasteiger partial charge in [0.05, 0.1) is 18.9 Å². The Labute approximate surface area is 104 Å². The normalized spacial score (nSPS) is 10.4. The highest BCUT2D eigenvalue weighted by molar-refractivity contribution is 5.91. The Bertz CT molecular complexity index is 605. The standard InChI is InChI=1S/C13H13FN2O2/c1-8-4-12(14)11(13(17)18-3)5-10(8)9-6-15-16(2)7-9/h4-7H,1-3H3. The molecule has 0 N–H and O–H groups in total. The van der Waals surface area contributed by atoms with Crippen LogP contribution in [0.5, 0.6) is 0 Å². The zero-order valence-electron chi connectivity index (χ0n) is 10.4. The van der Waals surface area contributed by atoms with Gasteiger partial charge in [-0.2, -0.15) is 5.10 Å². The van der Waals surface area contributed by atoms with Crippen LogP contribution >= 0.6 is 0 Å². The summed E-state index contributed by atoms with van der Waals surface area (Å²) in [5.74, 6) is -1.26. The first-order valence-electron chi connectivity index (χ1n) is 5.40. The van der Waals surface area contributed by atoms with Crippen molar-refractivity contribution in [1.29, 1.82) is 0 Å². The van der Waals surface area contributed by atoms with E-state index in [-0.39, 0.29) is 5.56 Å². The number of esters is 1. The number of benzene rings is 1. The van der Waals surface area contributed by atoms with Crippen molar-refractivity contribution < 1.29 is 13.9 Å². The number of ether oxygens (including phenoxy) is 1. The fraction of sp³-hybridized carbons (Fsp3) is 0.231. The molecular weight excluding hydrogens is 235 g/mol. The highest BCUT2D eigenvalue weighted by atomic mass is 19.1. The van der Waals surface area contributed by atoms with Gasteiger partial charge in [-0.3, -0.25) is 4.68 Å². The van der Waals surface area contributed by atoms with Gasteiger partial charge in [-0.25, -0.2) is 9.18 Å². The lowest BCUT2D eigenvalue weighted by Gasteiger charge is -2.07. The average Bonchev–Trinajstić information content (AvgIpc) is 2.75. The second kappa shape index (κ2) is 4.60. The maximum Gasteiger partial charge on any atom is 0.340 e. The largest absolute Gasteiger partial charge is 0.465 e. The van der Waals surface area contributed by atoms with Crippen LogP contribution in [-0.2, 0) is 11.8 Å². The fourth-order valence-electron chi connectivity index (χ4n) is 1.81. The van der Waals surface area contributed by atoms with Gasteiger partial charge in [0.2, 0.25) is 0 Å². The van der Waals surface area contributed by atoms with Crippen molar-refractivity contribution in [3.05, 3.63) is 41.5 Å². The summed E-state index contributed by atoms with van der Waals surface area (Å²) in [7, 11) is 3.02. The Morgan fingerprint density at radius 1 is 1.44 bits per heavy atom. The molecule has 0 saturated carbocycles. The first-order valence-corrected chi connectivity index (χ1v) is 5.40. The van der Waals surface area contributed by atoms with Crippen molar-refractivity contribution in [2.45, 2.75) is 6.92 Å². The zero-order valence-corrected chi connectivity index (χ0v) is 10.4. The van der Waals surface area contributed by atoms with Crippen molar-refractivity contribution in [2.75, 3.05) is 7.11 Å². The van der Waals surface area contributed by atoms with Crippen LogP contribution in [0.3, 0.4) is 0 Å². The molecule has 94 valence electrons. The average molecular weight is 248 g/mol. The number of carbonyl (C=O) groups is 1. The van der Waals surface area contributed by atoms with Gasteiger partial charge in [0, 0.05) is 18.8 Å². The Kier molecular flexibility index (Phi) is 3.14. The molecule has 0 aliphatic heterocycles. The van der Waals surface area contributed by atoms with Crippen LogP contribution in [0.25, 0.3) is 11.1 Å². The third-order valence-electron chi connectivity index (χ3n) is 2.74. The maximum atomic E-state index is 13.7. The van der Waals surface area contributed by atoms with E-state index in [9.17, 15) is 9.18 Å². The van der Waals surface area contributed by atoms with Gasteiger partial charge in [0.25, 0.3) is 0 Å².